The van der Waals surface area contributed by atoms with E-state index in [9.17, 15) is 0 Å². The van der Waals surface area contributed by atoms with Crippen LogP contribution in [0.5, 0.6) is 17.4 Å². The Hall–Kier alpha value is -2.23. The van der Waals surface area contributed by atoms with Crippen LogP contribution in [0.15, 0.2) is 42.6 Å². The molecule has 2 aromatic rings. The van der Waals surface area contributed by atoms with Crippen LogP contribution in [0.1, 0.15) is 5.56 Å². The second kappa shape index (κ2) is 5.91. The number of rotatable bonds is 5. The zero-order valence-corrected chi connectivity index (χ0v) is 10.4. The van der Waals surface area contributed by atoms with Crippen molar-refractivity contribution in [2.75, 3.05) is 14.2 Å². The molecule has 0 spiro atoms. The van der Waals surface area contributed by atoms with E-state index in [2.05, 4.69) is 4.98 Å². The Labute approximate surface area is 106 Å². The van der Waals surface area contributed by atoms with Crippen LogP contribution < -0.4 is 14.2 Å². The van der Waals surface area contributed by atoms with Gasteiger partial charge in [-0.2, -0.15) is 0 Å². The summed E-state index contributed by atoms with van der Waals surface area (Å²) in [6.45, 7) is 0.442. The lowest BCUT2D eigenvalue weighted by atomic mass is 10.2. The van der Waals surface area contributed by atoms with Gasteiger partial charge in [-0.05, 0) is 23.8 Å². The van der Waals surface area contributed by atoms with Crippen LogP contribution in [0, 0.1) is 0 Å². The molecule has 0 aliphatic carbocycles. The van der Waals surface area contributed by atoms with Crippen LogP contribution in [0.2, 0.25) is 0 Å². The number of nitrogens with zero attached hydrogens (tertiary/aromatic N) is 1. The standard InChI is InChI=1S/C14H15NO3/c1-16-12-7-6-11(9-13(12)17-2)10-18-14-5-3-4-8-15-14/h3-9H,10H2,1-2H3. The van der Waals surface area contributed by atoms with E-state index >= 15 is 0 Å². The van der Waals surface area contributed by atoms with Gasteiger partial charge in [0, 0.05) is 12.3 Å². The van der Waals surface area contributed by atoms with Crippen molar-refractivity contribution in [3.63, 3.8) is 0 Å². The number of methoxy groups -OCH3 is 2. The molecule has 0 bridgehead atoms. The summed E-state index contributed by atoms with van der Waals surface area (Å²) in [5, 5.41) is 0. The van der Waals surface area contributed by atoms with Crippen LogP contribution in [0.25, 0.3) is 0 Å². The van der Waals surface area contributed by atoms with Gasteiger partial charge < -0.3 is 14.2 Å². The van der Waals surface area contributed by atoms with Crippen LogP contribution in [0.4, 0.5) is 0 Å². The second-order valence-corrected chi connectivity index (χ2v) is 3.65. The van der Waals surface area contributed by atoms with E-state index in [0.717, 1.165) is 5.56 Å². The highest BCUT2D eigenvalue weighted by Crippen LogP contribution is 2.27. The molecule has 0 aliphatic rings. The molecule has 1 aromatic heterocycles. The summed E-state index contributed by atoms with van der Waals surface area (Å²) >= 11 is 0. The van der Waals surface area contributed by atoms with E-state index in [1.54, 1.807) is 20.4 Å². The van der Waals surface area contributed by atoms with E-state index in [1.807, 2.05) is 36.4 Å². The van der Waals surface area contributed by atoms with Crippen molar-refractivity contribution in [2.45, 2.75) is 6.61 Å². The lowest BCUT2D eigenvalue weighted by Gasteiger charge is -2.10. The average Bonchev–Trinajstić information content (AvgIpc) is 2.45. The molecule has 0 fully saturated rings. The Balaban J connectivity index is 2.06. The minimum atomic E-state index is 0.442. The monoisotopic (exact) mass is 245 g/mol. The predicted octanol–water partition coefficient (Wildman–Crippen LogP) is 2.68. The van der Waals surface area contributed by atoms with E-state index in [4.69, 9.17) is 14.2 Å². The first-order valence-corrected chi connectivity index (χ1v) is 5.58. The maximum Gasteiger partial charge on any atom is 0.213 e. The molecule has 0 atom stereocenters. The van der Waals surface area contributed by atoms with Crippen molar-refractivity contribution < 1.29 is 14.2 Å². The van der Waals surface area contributed by atoms with Gasteiger partial charge in [0.05, 0.1) is 14.2 Å². The van der Waals surface area contributed by atoms with Crippen molar-refractivity contribution in [3.8, 4) is 17.4 Å². The second-order valence-electron chi connectivity index (χ2n) is 3.65. The van der Waals surface area contributed by atoms with Gasteiger partial charge in [-0.25, -0.2) is 4.98 Å². The largest absolute Gasteiger partial charge is 0.493 e. The number of hydrogen-bond donors (Lipinski definition) is 0. The zero-order valence-electron chi connectivity index (χ0n) is 10.4. The average molecular weight is 245 g/mol. The first kappa shape index (κ1) is 12.2. The fourth-order valence-corrected chi connectivity index (χ4v) is 1.56. The molecule has 0 saturated heterocycles. The van der Waals surface area contributed by atoms with Crippen LogP contribution in [-0.4, -0.2) is 19.2 Å². The van der Waals surface area contributed by atoms with Gasteiger partial charge in [0.2, 0.25) is 5.88 Å². The summed E-state index contributed by atoms with van der Waals surface area (Å²) in [4.78, 5) is 4.09. The smallest absolute Gasteiger partial charge is 0.213 e. The van der Waals surface area contributed by atoms with Crippen LogP contribution in [0.3, 0.4) is 0 Å². The molecule has 0 radical (unpaired) electrons. The molecule has 1 aromatic carbocycles. The number of pyridine rings is 1. The summed E-state index contributed by atoms with van der Waals surface area (Å²) in [7, 11) is 3.23. The molecule has 0 saturated carbocycles. The van der Waals surface area contributed by atoms with Gasteiger partial charge in [-0.15, -0.1) is 0 Å². The summed E-state index contributed by atoms with van der Waals surface area (Å²) in [6, 6.07) is 11.2. The molecule has 0 N–H and O–H groups in total. The van der Waals surface area contributed by atoms with E-state index in [-0.39, 0.29) is 0 Å². The Morgan fingerprint density at radius 2 is 1.83 bits per heavy atom. The van der Waals surface area contributed by atoms with Gasteiger partial charge in [-0.1, -0.05) is 12.1 Å². The molecule has 18 heavy (non-hydrogen) atoms. The first-order chi connectivity index (χ1) is 8.83. The third-order valence-electron chi connectivity index (χ3n) is 2.47. The normalized spacial score (nSPS) is 9.89. The Bertz CT molecular complexity index is 500. The lowest BCUT2D eigenvalue weighted by molar-refractivity contribution is 0.292. The zero-order chi connectivity index (χ0) is 12.8. The minimum absolute atomic E-state index is 0.442. The number of ether oxygens (including phenoxy) is 3. The van der Waals surface area contributed by atoms with Gasteiger partial charge in [-0.3, -0.25) is 0 Å². The quantitative estimate of drug-likeness (QED) is 0.812. The third-order valence-corrected chi connectivity index (χ3v) is 2.47. The van der Waals surface area contributed by atoms with Gasteiger partial charge in [0.1, 0.15) is 6.61 Å². The molecule has 1 heterocycles. The molecular weight excluding hydrogens is 230 g/mol. The third kappa shape index (κ3) is 2.91. The molecule has 0 amide bonds. The first-order valence-electron chi connectivity index (χ1n) is 5.58. The summed E-state index contributed by atoms with van der Waals surface area (Å²) < 4.78 is 16.0. The highest BCUT2D eigenvalue weighted by molar-refractivity contribution is 5.42. The number of hydrogen-bond acceptors (Lipinski definition) is 4. The predicted molar refractivity (Wildman–Crippen MR) is 68.1 cm³/mol. The van der Waals surface area contributed by atoms with Crippen molar-refractivity contribution in [2.24, 2.45) is 0 Å². The SMILES string of the molecule is COc1ccc(COc2ccccn2)cc1OC. The Morgan fingerprint density at radius 3 is 2.50 bits per heavy atom. The molecule has 4 heteroatoms. The number of benzene rings is 1. The summed E-state index contributed by atoms with van der Waals surface area (Å²) in [5.74, 6) is 2.01. The molecule has 4 nitrogen and oxygen atoms in total. The lowest BCUT2D eigenvalue weighted by Crippen LogP contribution is -1.98. The molecule has 0 unspecified atom stereocenters. The maximum atomic E-state index is 5.56. The van der Waals surface area contributed by atoms with Crippen molar-refractivity contribution in [3.05, 3.63) is 48.2 Å². The van der Waals surface area contributed by atoms with Crippen molar-refractivity contribution in [1.82, 2.24) is 4.98 Å². The van der Waals surface area contributed by atoms with E-state index < -0.39 is 0 Å². The summed E-state index contributed by atoms with van der Waals surface area (Å²) in [6.07, 6.45) is 1.70. The molecule has 0 aliphatic heterocycles. The van der Waals surface area contributed by atoms with Crippen LogP contribution in [-0.2, 0) is 6.61 Å². The van der Waals surface area contributed by atoms with Crippen molar-refractivity contribution in [1.29, 1.82) is 0 Å². The van der Waals surface area contributed by atoms with Gasteiger partial charge in [0.15, 0.2) is 11.5 Å². The van der Waals surface area contributed by atoms with Gasteiger partial charge in [0.25, 0.3) is 0 Å². The highest BCUT2D eigenvalue weighted by atomic mass is 16.5. The van der Waals surface area contributed by atoms with E-state index in [0.29, 0.717) is 24.0 Å². The Morgan fingerprint density at radius 1 is 1.00 bits per heavy atom. The Kier molecular flexibility index (Phi) is 4.02. The van der Waals surface area contributed by atoms with Gasteiger partial charge >= 0.3 is 0 Å². The molecular formula is C14H15NO3. The maximum absolute atomic E-state index is 5.56. The fraction of sp³-hybridized carbons (Fsp3) is 0.214. The van der Waals surface area contributed by atoms with Crippen LogP contribution >= 0.6 is 0 Å². The summed E-state index contributed by atoms with van der Waals surface area (Å²) in [5.41, 5.74) is 0.998. The van der Waals surface area contributed by atoms with Crippen molar-refractivity contribution >= 4 is 0 Å². The topological polar surface area (TPSA) is 40.6 Å². The van der Waals surface area contributed by atoms with E-state index in [1.165, 1.54) is 0 Å². The molecule has 94 valence electrons. The molecule has 2 rings (SSSR count). The highest BCUT2D eigenvalue weighted by Gasteiger charge is 2.05. The fourth-order valence-electron chi connectivity index (χ4n) is 1.56. The minimum Gasteiger partial charge on any atom is -0.493 e. The number of aromatic nitrogens is 1.